The summed E-state index contributed by atoms with van der Waals surface area (Å²) in [6, 6.07) is 0. The van der Waals surface area contributed by atoms with Crippen molar-refractivity contribution in [2.75, 3.05) is 58.2 Å². The van der Waals surface area contributed by atoms with Crippen molar-refractivity contribution in [3.05, 3.63) is 11.6 Å². The molecule has 1 aliphatic heterocycles. The van der Waals surface area contributed by atoms with Crippen LogP contribution in [0, 0.1) is 0 Å². The SMILES string of the molecule is CCNC(=NCCCSc1nccs1)NCCCN1CCOCC1.I. The van der Waals surface area contributed by atoms with Gasteiger partial charge in [-0.1, -0.05) is 11.8 Å². The van der Waals surface area contributed by atoms with Gasteiger partial charge >= 0.3 is 0 Å². The van der Waals surface area contributed by atoms with Gasteiger partial charge in [0.15, 0.2) is 5.96 Å². The van der Waals surface area contributed by atoms with Crippen LogP contribution in [0.15, 0.2) is 20.9 Å². The van der Waals surface area contributed by atoms with Crippen LogP contribution in [0.5, 0.6) is 0 Å². The smallest absolute Gasteiger partial charge is 0.191 e. The minimum Gasteiger partial charge on any atom is -0.379 e. The summed E-state index contributed by atoms with van der Waals surface area (Å²) in [7, 11) is 0. The highest BCUT2D eigenvalue weighted by Gasteiger charge is 2.09. The molecule has 0 amide bonds. The average Bonchev–Trinajstić information content (AvgIpc) is 3.12. The number of nitrogens with zero attached hydrogens (tertiary/aromatic N) is 3. The maximum Gasteiger partial charge on any atom is 0.191 e. The predicted octanol–water partition coefficient (Wildman–Crippen LogP) is 2.52. The third-order valence-electron chi connectivity index (χ3n) is 3.60. The van der Waals surface area contributed by atoms with Gasteiger partial charge in [0, 0.05) is 50.1 Å². The Labute approximate surface area is 176 Å². The molecule has 0 bridgehead atoms. The highest BCUT2D eigenvalue weighted by atomic mass is 127. The van der Waals surface area contributed by atoms with Gasteiger partial charge in [0.1, 0.15) is 4.34 Å². The lowest BCUT2D eigenvalue weighted by Crippen LogP contribution is -2.40. The van der Waals surface area contributed by atoms with Crippen molar-refractivity contribution < 1.29 is 4.74 Å². The first-order valence-electron chi connectivity index (χ1n) is 8.73. The molecule has 6 nitrogen and oxygen atoms in total. The molecule has 0 unspecified atom stereocenters. The molecule has 0 radical (unpaired) electrons. The Morgan fingerprint density at radius 1 is 1.36 bits per heavy atom. The topological polar surface area (TPSA) is 61.8 Å². The fraction of sp³-hybridized carbons (Fsp3) is 0.750. The summed E-state index contributed by atoms with van der Waals surface area (Å²) in [5, 5.41) is 8.76. The molecule has 0 saturated carbocycles. The molecule has 9 heteroatoms. The van der Waals surface area contributed by atoms with Crippen LogP contribution in [-0.2, 0) is 4.74 Å². The highest BCUT2D eigenvalue weighted by molar-refractivity contribution is 14.0. The van der Waals surface area contributed by atoms with Gasteiger partial charge in [0.25, 0.3) is 0 Å². The van der Waals surface area contributed by atoms with Crippen LogP contribution in [0.1, 0.15) is 19.8 Å². The predicted molar refractivity (Wildman–Crippen MR) is 119 cm³/mol. The van der Waals surface area contributed by atoms with Crippen molar-refractivity contribution in [1.82, 2.24) is 20.5 Å². The maximum absolute atomic E-state index is 5.37. The summed E-state index contributed by atoms with van der Waals surface area (Å²) >= 11 is 3.51. The molecule has 2 rings (SSSR count). The van der Waals surface area contributed by atoms with Gasteiger partial charge in [-0.05, 0) is 26.3 Å². The second-order valence-electron chi connectivity index (χ2n) is 5.50. The Balaban J connectivity index is 0.00000312. The quantitative estimate of drug-likeness (QED) is 0.170. The number of morpholine rings is 1. The first-order chi connectivity index (χ1) is 11.9. The van der Waals surface area contributed by atoms with Crippen LogP contribution in [0.3, 0.4) is 0 Å². The van der Waals surface area contributed by atoms with Gasteiger partial charge in [-0.25, -0.2) is 4.98 Å². The maximum atomic E-state index is 5.37. The largest absolute Gasteiger partial charge is 0.379 e. The number of rotatable bonds is 10. The molecule has 2 heterocycles. The summed E-state index contributed by atoms with van der Waals surface area (Å²) < 4.78 is 6.52. The molecule has 0 aromatic carbocycles. The number of aromatic nitrogens is 1. The number of thioether (sulfide) groups is 1. The molecule has 0 spiro atoms. The van der Waals surface area contributed by atoms with E-state index < -0.39 is 0 Å². The van der Waals surface area contributed by atoms with E-state index in [0.29, 0.717) is 0 Å². The summed E-state index contributed by atoms with van der Waals surface area (Å²) in [6.07, 6.45) is 4.05. The van der Waals surface area contributed by atoms with E-state index in [1.165, 1.54) is 0 Å². The van der Waals surface area contributed by atoms with E-state index in [2.05, 4.69) is 32.4 Å². The fourth-order valence-corrected chi connectivity index (χ4v) is 4.00. The first-order valence-corrected chi connectivity index (χ1v) is 10.6. The summed E-state index contributed by atoms with van der Waals surface area (Å²) in [4.78, 5) is 11.4. The second-order valence-corrected chi connectivity index (χ2v) is 7.73. The third-order valence-corrected chi connectivity index (χ3v) is 5.65. The summed E-state index contributed by atoms with van der Waals surface area (Å²) in [5.41, 5.74) is 0. The van der Waals surface area contributed by atoms with Crippen molar-refractivity contribution in [3.63, 3.8) is 0 Å². The Morgan fingerprint density at radius 3 is 2.92 bits per heavy atom. The first kappa shape index (κ1) is 22.9. The van der Waals surface area contributed by atoms with Crippen LogP contribution in [0.25, 0.3) is 0 Å². The third kappa shape index (κ3) is 10.6. The molecule has 0 aliphatic carbocycles. The minimum atomic E-state index is 0. The van der Waals surface area contributed by atoms with Gasteiger partial charge in [-0.2, -0.15) is 0 Å². The van der Waals surface area contributed by atoms with E-state index >= 15 is 0 Å². The molecule has 1 fully saturated rings. The molecule has 1 aromatic heterocycles. The molecule has 0 atom stereocenters. The van der Waals surface area contributed by atoms with Crippen molar-refractivity contribution in [2.45, 2.75) is 24.1 Å². The normalized spacial score (nSPS) is 15.6. The Bertz CT molecular complexity index is 455. The standard InChI is InChI=1S/C16H29N5OS2.HI/c1-2-17-15(18-5-3-8-21-9-11-22-12-10-21)19-6-4-13-23-16-20-7-14-24-16;/h7,14H,2-6,8-13H2,1H3,(H2,17,18,19);1H. The number of aliphatic imine (C=N–C) groups is 1. The monoisotopic (exact) mass is 499 g/mol. The Hall–Kier alpha value is -0.100. The number of guanidine groups is 1. The van der Waals surface area contributed by atoms with E-state index in [4.69, 9.17) is 4.74 Å². The molecule has 1 aromatic rings. The van der Waals surface area contributed by atoms with E-state index in [9.17, 15) is 0 Å². The number of ether oxygens (including phenoxy) is 1. The van der Waals surface area contributed by atoms with E-state index in [-0.39, 0.29) is 24.0 Å². The van der Waals surface area contributed by atoms with Crippen molar-refractivity contribution in [1.29, 1.82) is 0 Å². The van der Waals surface area contributed by atoms with E-state index in [1.807, 2.05) is 23.3 Å². The van der Waals surface area contributed by atoms with Crippen LogP contribution in [-0.4, -0.2) is 74.1 Å². The number of halogens is 1. The van der Waals surface area contributed by atoms with Crippen molar-refractivity contribution >= 4 is 53.0 Å². The Morgan fingerprint density at radius 2 is 2.20 bits per heavy atom. The second kappa shape index (κ2) is 15.0. The molecule has 1 aliphatic rings. The summed E-state index contributed by atoms with van der Waals surface area (Å²) in [6.45, 7) is 9.78. The van der Waals surface area contributed by atoms with E-state index in [0.717, 1.165) is 81.4 Å². The zero-order valence-corrected chi connectivity index (χ0v) is 18.9. The van der Waals surface area contributed by atoms with Crippen LogP contribution in [0.2, 0.25) is 0 Å². The Kier molecular flexibility index (Phi) is 13.8. The van der Waals surface area contributed by atoms with Gasteiger partial charge < -0.3 is 15.4 Å². The van der Waals surface area contributed by atoms with Gasteiger partial charge in [0.2, 0.25) is 0 Å². The van der Waals surface area contributed by atoms with Crippen molar-refractivity contribution in [2.24, 2.45) is 4.99 Å². The zero-order valence-electron chi connectivity index (χ0n) is 14.9. The lowest BCUT2D eigenvalue weighted by atomic mass is 10.3. The van der Waals surface area contributed by atoms with Crippen LogP contribution < -0.4 is 10.6 Å². The average molecular weight is 499 g/mol. The summed E-state index contributed by atoms with van der Waals surface area (Å²) in [5.74, 6) is 1.99. The minimum absolute atomic E-state index is 0. The molecular weight excluding hydrogens is 469 g/mol. The van der Waals surface area contributed by atoms with Gasteiger partial charge in [0.05, 0.1) is 13.2 Å². The molecule has 144 valence electrons. The lowest BCUT2D eigenvalue weighted by molar-refractivity contribution is 0.0376. The molecule has 25 heavy (non-hydrogen) atoms. The lowest BCUT2D eigenvalue weighted by Gasteiger charge is -2.26. The number of thiazole rings is 1. The molecule has 1 saturated heterocycles. The van der Waals surface area contributed by atoms with Crippen LogP contribution in [0.4, 0.5) is 0 Å². The molecular formula is C16H30IN5OS2. The van der Waals surface area contributed by atoms with Crippen molar-refractivity contribution in [3.8, 4) is 0 Å². The van der Waals surface area contributed by atoms with Crippen LogP contribution >= 0.6 is 47.1 Å². The fourth-order valence-electron chi connectivity index (χ4n) is 2.37. The van der Waals surface area contributed by atoms with Gasteiger partial charge in [-0.15, -0.1) is 35.3 Å². The zero-order chi connectivity index (χ0) is 16.9. The number of hydrogen-bond donors (Lipinski definition) is 2. The number of nitrogens with one attached hydrogen (secondary N) is 2. The molecule has 2 N–H and O–H groups in total. The number of hydrogen-bond acceptors (Lipinski definition) is 6. The van der Waals surface area contributed by atoms with E-state index in [1.54, 1.807) is 11.3 Å². The highest BCUT2D eigenvalue weighted by Crippen LogP contribution is 2.20. The van der Waals surface area contributed by atoms with Gasteiger partial charge in [-0.3, -0.25) is 9.89 Å².